The smallest absolute Gasteiger partial charge is 0.234 e. The molecule has 1 aliphatic heterocycles. The van der Waals surface area contributed by atoms with Crippen LogP contribution < -0.4 is 4.90 Å². The largest absolute Gasteiger partial charge is 0.311 e. The fourth-order valence-corrected chi connectivity index (χ4v) is 3.08. The number of carbonyl (C=O) groups excluding carboxylic acids is 1. The summed E-state index contributed by atoms with van der Waals surface area (Å²) in [4.78, 5) is 14.4. The minimum absolute atomic E-state index is 0.0996. The Labute approximate surface area is 128 Å². The first-order chi connectivity index (χ1) is 10.6. The number of carbonyl (C=O) groups is 1. The van der Waals surface area contributed by atoms with Crippen LogP contribution in [0.1, 0.15) is 30.4 Å². The van der Waals surface area contributed by atoms with Gasteiger partial charge in [0, 0.05) is 18.2 Å². The zero-order chi connectivity index (χ0) is 15.7. The number of hydrogen-bond donors (Lipinski definition) is 0. The molecule has 1 unspecified atom stereocenters. The molecule has 2 aromatic carbocycles. The molecule has 0 N–H and O–H groups in total. The van der Waals surface area contributed by atoms with Gasteiger partial charge in [-0.3, -0.25) is 4.79 Å². The third kappa shape index (κ3) is 2.49. The first-order valence-electron chi connectivity index (χ1n) is 7.46. The van der Waals surface area contributed by atoms with Gasteiger partial charge in [-0.05, 0) is 24.5 Å². The normalized spacial score (nSPS) is 14.8. The van der Waals surface area contributed by atoms with Crippen LogP contribution in [0.2, 0.25) is 0 Å². The Morgan fingerprint density at radius 3 is 2.64 bits per heavy atom. The lowest BCUT2D eigenvalue weighted by Crippen LogP contribution is -2.33. The van der Waals surface area contributed by atoms with Crippen molar-refractivity contribution in [3.05, 3.63) is 65.2 Å². The van der Waals surface area contributed by atoms with Crippen molar-refractivity contribution in [2.75, 3.05) is 11.4 Å². The van der Waals surface area contributed by atoms with Gasteiger partial charge < -0.3 is 4.90 Å². The Morgan fingerprint density at radius 2 is 1.95 bits per heavy atom. The van der Waals surface area contributed by atoms with Gasteiger partial charge in [-0.1, -0.05) is 37.3 Å². The van der Waals surface area contributed by atoms with E-state index in [-0.39, 0.29) is 11.8 Å². The van der Waals surface area contributed by atoms with Crippen molar-refractivity contribution >= 4 is 11.6 Å². The fraction of sp³-hybridized carbons (Fsp3) is 0.278. The van der Waals surface area contributed by atoms with Crippen molar-refractivity contribution in [2.45, 2.75) is 25.7 Å². The maximum Gasteiger partial charge on any atom is 0.234 e. The van der Waals surface area contributed by atoms with Crippen molar-refractivity contribution in [1.29, 1.82) is 0 Å². The summed E-state index contributed by atoms with van der Waals surface area (Å²) in [6.45, 7) is 2.34. The van der Waals surface area contributed by atoms with Crippen LogP contribution >= 0.6 is 0 Å². The summed E-state index contributed by atoms with van der Waals surface area (Å²) in [5.41, 5.74) is 1.73. The first-order valence-corrected chi connectivity index (χ1v) is 7.46. The second-order valence-corrected chi connectivity index (χ2v) is 5.50. The number of anilines is 1. The van der Waals surface area contributed by atoms with Crippen LogP contribution in [-0.4, -0.2) is 12.5 Å². The summed E-state index contributed by atoms with van der Waals surface area (Å²) in [6.07, 6.45) is 1.07. The summed E-state index contributed by atoms with van der Waals surface area (Å²) in [6, 6.07) is 11.6. The van der Waals surface area contributed by atoms with Gasteiger partial charge in [-0.15, -0.1) is 0 Å². The van der Waals surface area contributed by atoms with Crippen molar-refractivity contribution in [3.63, 3.8) is 0 Å². The summed E-state index contributed by atoms with van der Waals surface area (Å²) in [7, 11) is 0. The molecule has 22 heavy (non-hydrogen) atoms. The summed E-state index contributed by atoms with van der Waals surface area (Å²) >= 11 is 0. The van der Waals surface area contributed by atoms with Gasteiger partial charge in [0.25, 0.3) is 0 Å². The Balaban J connectivity index is 1.95. The molecule has 1 amide bonds. The highest BCUT2D eigenvalue weighted by atomic mass is 19.1. The number of fused-ring (bicyclic) bond motifs is 1. The standard InChI is InChI=1S/C18H17F2NO/c1-2-14(12-6-4-3-5-7-12)18(22)21-9-8-15-16(20)10-13(19)11-17(15)21/h3-7,10-11,14H,2,8-9H2,1H3. The van der Waals surface area contributed by atoms with Crippen LogP contribution in [0.5, 0.6) is 0 Å². The van der Waals surface area contributed by atoms with Crippen LogP contribution in [0.15, 0.2) is 42.5 Å². The van der Waals surface area contributed by atoms with Gasteiger partial charge >= 0.3 is 0 Å². The molecule has 0 aliphatic carbocycles. The van der Waals surface area contributed by atoms with Crippen molar-refractivity contribution in [1.82, 2.24) is 0 Å². The molecule has 2 nitrogen and oxygen atoms in total. The van der Waals surface area contributed by atoms with Crippen molar-refractivity contribution < 1.29 is 13.6 Å². The van der Waals surface area contributed by atoms with Crippen molar-refractivity contribution in [2.24, 2.45) is 0 Å². The van der Waals surface area contributed by atoms with Gasteiger partial charge in [0.05, 0.1) is 11.6 Å². The maximum atomic E-state index is 13.8. The molecule has 4 heteroatoms. The number of halogens is 2. The summed E-state index contributed by atoms with van der Waals surface area (Å²) in [5.74, 6) is -1.61. The molecule has 1 heterocycles. The lowest BCUT2D eigenvalue weighted by atomic mass is 9.95. The second kappa shape index (κ2) is 5.87. The number of nitrogens with zero attached hydrogens (tertiary/aromatic N) is 1. The molecule has 0 aromatic heterocycles. The number of amides is 1. The van der Waals surface area contributed by atoms with E-state index in [0.717, 1.165) is 11.6 Å². The molecule has 114 valence electrons. The molecule has 2 aromatic rings. The Bertz CT molecular complexity index is 700. The van der Waals surface area contributed by atoms with Crippen LogP contribution in [0, 0.1) is 11.6 Å². The number of benzene rings is 2. The zero-order valence-corrected chi connectivity index (χ0v) is 12.4. The number of hydrogen-bond acceptors (Lipinski definition) is 1. The summed E-state index contributed by atoms with van der Waals surface area (Å²) < 4.78 is 27.3. The van der Waals surface area contributed by atoms with E-state index in [2.05, 4.69) is 0 Å². The van der Waals surface area contributed by atoms with E-state index < -0.39 is 11.6 Å². The molecular formula is C18H17F2NO. The van der Waals surface area contributed by atoms with Gasteiger partial charge in [-0.25, -0.2) is 8.78 Å². The molecule has 0 spiro atoms. The highest BCUT2D eigenvalue weighted by Gasteiger charge is 2.32. The van der Waals surface area contributed by atoms with Crippen molar-refractivity contribution in [3.8, 4) is 0 Å². The molecule has 1 aliphatic rings. The Hall–Kier alpha value is -2.23. The molecule has 3 rings (SSSR count). The van der Waals surface area contributed by atoms with E-state index in [1.807, 2.05) is 37.3 Å². The quantitative estimate of drug-likeness (QED) is 0.837. The predicted molar refractivity (Wildman–Crippen MR) is 81.9 cm³/mol. The minimum atomic E-state index is -0.649. The minimum Gasteiger partial charge on any atom is -0.311 e. The lowest BCUT2D eigenvalue weighted by molar-refractivity contribution is -0.120. The first kappa shape index (κ1) is 14.7. The van der Waals surface area contributed by atoms with Gasteiger partial charge in [0.15, 0.2) is 0 Å². The molecule has 0 saturated carbocycles. The van der Waals surface area contributed by atoms with Gasteiger partial charge in [0.2, 0.25) is 5.91 Å². The van der Waals surface area contributed by atoms with E-state index >= 15 is 0 Å². The fourth-order valence-electron chi connectivity index (χ4n) is 3.08. The molecule has 0 radical (unpaired) electrons. The molecule has 1 atom stereocenters. The van der Waals surface area contributed by atoms with Crippen LogP contribution in [0.25, 0.3) is 0 Å². The van der Waals surface area contributed by atoms with E-state index in [0.29, 0.717) is 30.6 Å². The molecule has 0 bridgehead atoms. The zero-order valence-electron chi connectivity index (χ0n) is 12.4. The highest BCUT2D eigenvalue weighted by molar-refractivity contribution is 5.99. The van der Waals surface area contributed by atoms with E-state index in [4.69, 9.17) is 0 Å². The average Bonchev–Trinajstić information content (AvgIpc) is 2.93. The Morgan fingerprint density at radius 1 is 1.23 bits per heavy atom. The molecule has 0 fully saturated rings. The second-order valence-electron chi connectivity index (χ2n) is 5.50. The van der Waals surface area contributed by atoms with E-state index in [1.54, 1.807) is 0 Å². The van der Waals surface area contributed by atoms with Crippen LogP contribution in [-0.2, 0) is 11.2 Å². The Kier molecular flexibility index (Phi) is 3.92. The monoisotopic (exact) mass is 301 g/mol. The predicted octanol–water partition coefficient (Wildman–Crippen LogP) is 4.05. The summed E-state index contributed by atoms with van der Waals surface area (Å²) in [5, 5.41) is 0. The van der Waals surface area contributed by atoms with Crippen LogP contribution in [0.3, 0.4) is 0 Å². The SMILES string of the molecule is CCC(C(=O)N1CCc2c(F)cc(F)cc21)c1ccccc1. The molecule has 0 saturated heterocycles. The van der Waals surface area contributed by atoms with E-state index in [1.165, 1.54) is 11.0 Å². The topological polar surface area (TPSA) is 20.3 Å². The maximum absolute atomic E-state index is 13.8. The third-order valence-corrected chi connectivity index (χ3v) is 4.19. The average molecular weight is 301 g/mol. The third-order valence-electron chi connectivity index (χ3n) is 4.19. The molecular weight excluding hydrogens is 284 g/mol. The van der Waals surface area contributed by atoms with Crippen LogP contribution in [0.4, 0.5) is 14.5 Å². The highest BCUT2D eigenvalue weighted by Crippen LogP contribution is 2.34. The lowest BCUT2D eigenvalue weighted by Gasteiger charge is -2.23. The van der Waals surface area contributed by atoms with Gasteiger partial charge in [-0.2, -0.15) is 0 Å². The number of rotatable bonds is 3. The van der Waals surface area contributed by atoms with E-state index in [9.17, 15) is 13.6 Å². The van der Waals surface area contributed by atoms with Gasteiger partial charge in [0.1, 0.15) is 11.6 Å².